The lowest BCUT2D eigenvalue weighted by atomic mass is 10.4. The molecule has 82 valence electrons. The summed E-state index contributed by atoms with van der Waals surface area (Å²) in [7, 11) is -3.51. The Bertz CT molecular complexity index is 428. The topological polar surface area (TPSA) is 89.3 Å². The van der Waals surface area contributed by atoms with Gasteiger partial charge in [0.2, 0.25) is 15.9 Å². The second-order valence-corrected chi connectivity index (χ2v) is 4.69. The Morgan fingerprint density at radius 1 is 1.27 bits per heavy atom. The maximum Gasteiger partial charge on any atom is 0.240 e. The lowest BCUT2D eigenvalue weighted by Crippen LogP contribution is -2.27. The number of sulfonamides is 1. The molecule has 0 aromatic heterocycles. The van der Waals surface area contributed by atoms with Crippen LogP contribution in [0.5, 0.6) is 0 Å². The summed E-state index contributed by atoms with van der Waals surface area (Å²) in [5, 5.41) is 0. The SMILES string of the molecule is NC(=O)CCNS(=O)(=O)c1ccccc1. The Labute approximate surface area is 88.3 Å². The van der Waals surface area contributed by atoms with Crippen molar-refractivity contribution in [3.8, 4) is 0 Å². The van der Waals surface area contributed by atoms with E-state index in [2.05, 4.69) is 4.72 Å². The fraction of sp³-hybridized carbons (Fsp3) is 0.222. The smallest absolute Gasteiger partial charge is 0.240 e. The molecule has 0 spiro atoms. The number of nitrogens with two attached hydrogens (primary N) is 1. The molecule has 6 heteroatoms. The van der Waals surface area contributed by atoms with Gasteiger partial charge < -0.3 is 5.73 Å². The average Bonchev–Trinajstić information content (AvgIpc) is 2.18. The summed E-state index contributed by atoms with van der Waals surface area (Å²) in [5.41, 5.74) is 4.89. The number of rotatable bonds is 5. The van der Waals surface area contributed by atoms with Crippen molar-refractivity contribution >= 4 is 15.9 Å². The minimum absolute atomic E-state index is 0.00787. The van der Waals surface area contributed by atoms with Crippen LogP contribution in [0.2, 0.25) is 0 Å². The fourth-order valence-electron chi connectivity index (χ4n) is 0.992. The number of hydrogen-bond acceptors (Lipinski definition) is 3. The van der Waals surface area contributed by atoms with Gasteiger partial charge in [-0.25, -0.2) is 13.1 Å². The van der Waals surface area contributed by atoms with E-state index < -0.39 is 15.9 Å². The lowest BCUT2D eigenvalue weighted by Gasteiger charge is -2.04. The maximum atomic E-state index is 11.6. The molecule has 0 saturated heterocycles. The number of benzene rings is 1. The second kappa shape index (κ2) is 4.90. The molecule has 0 atom stereocenters. The molecule has 0 radical (unpaired) electrons. The molecule has 3 N–H and O–H groups in total. The molecular formula is C9H12N2O3S. The molecular weight excluding hydrogens is 216 g/mol. The summed E-state index contributed by atoms with van der Waals surface area (Å²) < 4.78 is 25.4. The number of carbonyl (C=O) groups excluding carboxylic acids is 1. The average molecular weight is 228 g/mol. The molecule has 0 aliphatic carbocycles. The van der Waals surface area contributed by atoms with Gasteiger partial charge >= 0.3 is 0 Å². The maximum absolute atomic E-state index is 11.6. The molecule has 0 aliphatic heterocycles. The highest BCUT2D eigenvalue weighted by Crippen LogP contribution is 2.06. The van der Waals surface area contributed by atoms with Gasteiger partial charge in [0.15, 0.2) is 0 Å². The van der Waals surface area contributed by atoms with Gasteiger partial charge in [0.05, 0.1) is 4.90 Å². The van der Waals surface area contributed by atoms with E-state index in [0.717, 1.165) is 0 Å². The molecule has 1 aromatic carbocycles. The summed E-state index contributed by atoms with van der Waals surface area (Å²) >= 11 is 0. The van der Waals surface area contributed by atoms with Crippen LogP contribution in [0.1, 0.15) is 6.42 Å². The first-order valence-corrected chi connectivity index (χ1v) is 5.84. The summed E-state index contributed by atoms with van der Waals surface area (Å²) in [6.45, 7) is 0.0204. The van der Waals surface area contributed by atoms with E-state index in [-0.39, 0.29) is 17.9 Å². The van der Waals surface area contributed by atoms with Crippen molar-refractivity contribution in [2.75, 3.05) is 6.54 Å². The fourth-order valence-corrected chi connectivity index (χ4v) is 2.04. The van der Waals surface area contributed by atoms with Crippen molar-refractivity contribution in [3.05, 3.63) is 30.3 Å². The Morgan fingerprint density at radius 2 is 1.87 bits per heavy atom. The van der Waals surface area contributed by atoms with E-state index >= 15 is 0 Å². The lowest BCUT2D eigenvalue weighted by molar-refractivity contribution is -0.117. The molecule has 1 rings (SSSR count). The van der Waals surface area contributed by atoms with Gasteiger partial charge in [-0.3, -0.25) is 4.79 Å². The van der Waals surface area contributed by atoms with Crippen molar-refractivity contribution in [2.45, 2.75) is 11.3 Å². The van der Waals surface area contributed by atoms with Gasteiger partial charge in [-0.05, 0) is 12.1 Å². The molecule has 0 heterocycles. The summed E-state index contributed by atoms with van der Waals surface area (Å²) in [6, 6.07) is 7.94. The van der Waals surface area contributed by atoms with E-state index in [0.29, 0.717) is 0 Å². The molecule has 1 amide bonds. The zero-order valence-corrected chi connectivity index (χ0v) is 8.83. The quantitative estimate of drug-likeness (QED) is 0.733. The summed E-state index contributed by atoms with van der Waals surface area (Å²) in [5.74, 6) is -0.536. The van der Waals surface area contributed by atoms with Crippen molar-refractivity contribution in [1.82, 2.24) is 4.72 Å². The molecule has 5 nitrogen and oxygen atoms in total. The summed E-state index contributed by atoms with van der Waals surface area (Å²) in [4.78, 5) is 10.6. The van der Waals surface area contributed by atoms with Gasteiger partial charge in [-0.15, -0.1) is 0 Å². The Balaban J connectivity index is 2.65. The highest BCUT2D eigenvalue weighted by Gasteiger charge is 2.12. The number of carbonyl (C=O) groups is 1. The van der Waals surface area contributed by atoms with Crippen LogP contribution in [0, 0.1) is 0 Å². The van der Waals surface area contributed by atoms with Crippen molar-refractivity contribution < 1.29 is 13.2 Å². The van der Waals surface area contributed by atoms with E-state index in [1.807, 2.05) is 0 Å². The second-order valence-electron chi connectivity index (χ2n) is 2.93. The van der Waals surface area contributed by atoms with Crippen LogP contribution in [0.3, 0.4) is 0 Å². The van der Waals surface area contributed by atoms with E-state index in [1.165, 1.54) is 12.1 Å². The van der Waals surface area contributed by atoms with Gasteiger partial charge in [0, 0.05) is 13.0 Å². The standard InChI is InChI=1S/C9H12N2O3S/c10-9(12)6-7-11-15(13,14)8-4-2-1-3-5-8/h1-5,11H,6-7H2,(H2,10,12). The Hall–Kier alpha value is -1.40. The van der Waals surface area contributed by atoms with Gasteiger partial charge in [0.1, 0.15) is 0 Å². The van der Waals surface area contributed by atoms with Crippen LogP contribution < -0.4 is 10.5 Å². The molecule has 1 aromatic rings. The highest BCUT2D eigenvalue weighted by molar-refractivity contribution is 7.89. The Kier molecular flexibility index (Phi) is 3.81. The third-order valence-electron chi connectivity index (χ3n) is 1.72. The molecule has 15 heavy (non-hydrogen) atoms. The number of hydrogen-bond donors (Lipinski definition) is 2. The predicted octanol–water partition coefficient (Wildman–Crippen LogP) is -0.160. The first kappa shape index (κ1) is 11.7. The first-order chi connectivity index (χ1) is 7.02. The normalized spacial score (nSPS) is 11.2. The van der Waals surface area contributed by atoms with Crippen LogP contribution in [0.15, 0.2) is 35.2 Å². The largest absolute Gasteiger partial charge is 0.370 e. The highest BCUT2D eigenvalue weighted by atomic mass is 32.2. The zero-order valence-electron chi connectivity index (χ0n) is 8.01. The predicted molar refractivity (Wildman–Crippen MR) is 55.4 cm³/mol. The van der Waals surface area contributed by atoms with Gasteiger partial charge in [-0.1, -0.05) is 18.2 Å². The van der Waals surface area contributed by atoms with Crippen molar-refractivity contribution in [3.63, 3.8) is 0 Å². The number of primary amides is 1. The number of amides is 1. The van der Waals surface area contributed by atoms with E-state index in [1.54, 1.807) is 18.2 Å². The van der Waals surface area contributed by atoms with E-state index in [9.17, 15) is 13.2 Å². The third kappa shape index (κ3) is 3.69. The van der Waals surface area contributed by atoms with Crippen LogP contribution in [0.4, 0.5) is 0 Å². The van der Waals surface area contributed by atoms with Crippen LogP contribution >= 0.6 is 0 Å². The van der Waals surface area contributed by atoms with Gasteiger partial charge in [0.25, 0.3) is 0 Å². The molecule has 0 aliphatic rings. The third-order valence-corrected chi connectivity index (χ3v) is 3.19. The molecule has 0 fully saturated rings. The molecule has 0 bridgehead atoms. The Morgan fingerprint density at radius 3 is 2.40 bits per heavy atom. The number of nitrogens with one attached hydrogen (secondary N) is 1. The van der Waals surface area contributed by atoms with Crippen molar-refractivity contribution in [2.24, 2.45) is 5.73 Å². The van der Waals surface area contributed by atoms with Gasteiger partial charge in [-0.2, -0.15) is 0 Å². The van der Waals surface area contributed by atoms with Crippen LogP contribution in [-0.4, -0.2) is 20.9 Å². The van der Waals surface area contributed by atoms with Crippen LogP contribution in [-0.2, 0) is 14.8 Å². The monoisotopic (exact) mass is 228 g/mol. The minimum Gasteiger partial charge on any atom is -0.370 e. The molecule has 0 saturated carbocycles. The summed E-state index contributed by atoms with van der Waals surface area (Å²) in [6.07, 6.45) is -0.00787. The van der Waals surface area contributed by atoms with E-state index in [4.69, 9.17) is 5.73 Å². The first-order valence-electron chi connectivity index (χ1n) is 4.35. The zero-order chi connectivity index (χ0) is 11.3. The van der Waals surface area contributed by atoms with Crippen LogP contribution in [0.25, 0.3) is 0 Å². The minimum atomic E-state index is -3.51. The van der Waals surface area contributed by atoms with Crippen molar-refractivity contribution in [1.29, 1.82) is 0 Å². The molecule has 0 unspecified atom stereocenters.